The number of rotatable bonds is 1. The Morgan fingerprint density at radius 3 is 1.95 bits per heavy atom. The van der Waals surface area contributed by atoms with Crippen LogP contribution in [0.5, 0.6) is 0 Å². The van der Waals surface area contributed by atoms with Gasteiger partial charge in [-0.15, -0.1) is 0 Å². The molecule has 3 aliphatic heterocycles. The van der Waals surface area contributed by atoms with E-state index in [2.05, 4.69) is 49.9 Å². The topological polar surface area (TPSA) is 23.5 Å². The lowest BCUT2D eigenvalue weighted by Gasteiger charge is -2.73. The first kappa shape index (κ1) is 12.8. The third-order valence-corrected chi connectivity index (χ3v) is 6.32. The van der Waals surface area contributed by atoms with Crippen LogP contribution < -0.4 is 0 Å². The molecule has 2 heteroatoms. The monoisotopic (exact) mass is 271 g/mol. The smallest absolute Gasteiger partial charge is 0.103 e. The molecule has 1 N–H and O–H groups in total. The van der Waals surface area contributed by atoms with Crippen molar-refractivity contribution in [3.63, 3.8) is 0 Å². The second kappa shape index (κ2) is 3.48. The van der Waals surface area contributed by atoms with Crippen LogP contribution in [0.25, 0.3) is 0 Å². The summed E-state index contributed by atoms with van der Waals surface area (Å²) in [6.45, 7) is 10.3. The van der Waals surface area contributed by atoms with E-state index in [1.165, 1.54) is 6.54 Å². The van der Waals surface area contributed by atoms with Gasteiger partial charge in [-0.05, 0) is 23.8 Å². The van der Waals surface area contributed by atoms with Gasteiger partial charge in [0.05, 0.1) is 0 Å². The van der Waals surface area contributed by atoms with Gasteiger partial charge < -0.3 is 10.0 Å². The van der Waals surface area contributed by atoms with Gasteiger partial charge in [-0.25, -0.2) is 0 Å². The lowest BCUT2D eigenvalue weighted by atomic mass is 9.41. The molecule has 4 aliphatic rings. The standard InChI is InChI=1S/C18H25NO/c1-15-9-16(2)12-19(11-15)13-17(3,10-15)18(16,20)14-7-5-4-6-8-14/h4-8,20H,9-13H2,1-3H3. The zero-order valence-corrected chi connectivity index (χ0v) is 12.8. The van der Waals surface area contributed by atoms with Gasteiger partial charge in [0, 0.05) is 30.5 Å². The highest BCUT2D eigenvalue weighted by molar-refractivity contribution is 5.34. The molecule has 3 saturated heterocycles. The lowest BCUT2D eigenvalue weighted by molar-refractivity contribution is -0.298. The normalized spacial score (nSPS) is 53.3. The van der Waals surface area contributed by atoms with E-state index in [9.17, 15) is 5.11 Å². The van der Waals surface area contributed by atoms with E-state index in [0.717, 1.165) is 31.5 Å². The number of nitrogens with zero attached hydrogens (tertiary/aromatic N) is 1. The fraction of sp³-hybridized carbons (Fsp3) is 0.667. The van der Waals surface area contributed by atoms with Crippen molar-refractivity contribution in [2.45, 2.75) is 39.2 Å². The fourth-order valence-electron chi connectivity index (χ4n) is 6.45. The van der Waals surface area contributed by atoms with E-state index < -0.39 is 5.60 Å². The van der Waals surface area contributed by atoms with Crippen LogP contribution in [-0.4, -0.2) is 29.6 Å². The number of aliphatic hydroxyl groups is 1. The molecule has 20 heavy (non-hydrogen) atoms. The van der Waals surface area contributed by atoms with Crippen molar-refractivity contribution >= 4 is 0 Å². The third kappa shape index (κ3) is 1.32. The minimum Gasteiger partial charge on any atom is -0.384 e. The Hall–Kier alpha value is -0.860. The summed E-state index contributed by atoms with van der Waals surface area (Å²) in [5.41, 5.74) is 0.728. The van der Waals surface area contributed by atoms with Crippen LogP contribution in [0.4, 0.5) is 0 Å². The van der Waals surface area contributed by atoms with Crippen LogP contribution in [0.15, 0.2) is 30.3 Å². The molecular formula is C18H25NO. The van der Waals surface area contributed by atoms with Crippen LogP contribution in [-0.2, 0) is 5.60 Å². The van der Waals surface area contributed by atoms with Gasteiger partial charge in [0.2, 0.25) is 0 Å². The molecule has 0 radical (unpaired) electrons. The maximum atomic E-state index is 11.9. The molecule has 5 rings (SSSR count). The van der Waals surface area contributed by atoms with Gasteiger partial charge in [-0.1, -0.05) is 51.1 Å². The van der Waals surface area contributed by atoms with Crippen molar-refractivity contribution in [3.8, 4) is 0 Å². The summed E-state index contributed by atoms with van der Waals surface area (Å²) in [5, 5.41) is 11.9. The van der Waals surface area contributed by atoms with E-state index in [1.807, 2.05) is 6.07 Å². The lowest BCUT2D eigenvalue weighted by Crippen LogP contribution is -2.76. The molecule has 1 aromatic rings. The molecule has 1 saturated carbocycles. The Morgan fingerprint density at radius 2 is 1.45 bits per heavy atom. The summed E-state index contributed by atoms with van der Waals surface area (Å²) in [7, 11) is 0. The van der Waals surface area contributed by atoms with Crippen LogP contribution in [0.1, 0.15) is 39.2 Å². The maximum absolute atomic E-state index is 11.9. The van der Waals surface area contributed by atoms with Gasteiger partial charge in [0.1, 0.15) is 5.60 Å². The zero-order chi connectivity index (χ0) is 14.2. The molecule has 2 atom stereocenters. The van der Waals surface area contributed by atoms with Crippen LogP contribution in [0.3, 0.4) is 0 Å². The van der Waals surface area contributed by atoms with Crippen LogP contribution in [0, 0.1) is 16.2 Å². The van der Waals surface area contributed by atoms with Crippen molar-refractivity contribution in [3.05, 3.63) is 35.9 Å². The molecule has 2 nitrogen and oxygen atoms in total. The molecule has 2 unspecified atom stereocenters. The summed E-state index contributed by atoms with van der Waals surface area (Å²) in [6, 6.07) is 10.4. The highest BCUT2D eigenvalue weighted by Crippen LogP contribution is 2.69. The summed E-state index contributed by atoms with van der Waals surface area (Å²) in [5.74, 6) is 0. The largest absolute Gasteiger partial charge is 0.384 e. The first-order valence-corrected chi connectivity index (χ1v) is 7.81. The SMILES string of the molecule is CC12CN3CC(C)(C1)C(O)(c1ccccc1)C(C)(C3)C2. The van der Waals surface area contributed by atoms with Gasteiger partial charge in [-0.2, -0.15) is 0 Å². The number of hydrogen-bond acceptors (Lipinski definition) is 2. The molecule has 3 heterocycles. The average molecular weight is 271 g/mol. The van der Waals surface area contributed by atoms with Gasteiger partial charge in [0.15, 0.2) is 0 Å². The first-order valence-electron chi connectivity index (χ1n) is 7.81. The predicted molar refractivity (Wildman–Crippen MR) is 80.3 cm³/mol. The Morgan fingerprint density at radius 1 is 0.900 bits per heavy atom. The van der Waals surface area contributed by atoms with E-state index in [-0.39, 0.29) is 10.8 Å². The van der Waals surface area contributed by atoms with E-state index >= 15 is 0 Å². The molecule has 0 amide bonds. The van der Waals surface area contributed by atoms with Crippen molar-refractivity contribution in [2.24, 2.45) is 16.2 Å². The third-order valence-electron chi connectivity index (χ3n) is 6.32. The zero-order valence-electron chi connectivity index (χ0n) is 12.8. The number of piperidine rings is 3. The Labute approximate surface area is 121 Å². The summed E-state index contributed by atoms with van der Waals surface area (Å²) < 4.78 is 0. The molecule has 1 aliphatic carbocycles. The minimum absolute atomic E-state index is 0.0351. The maximum Gasteiger partial charge on any atom is 0.103 e. The molecule has 4 fully saturated rings. The van der Waals surface area contributed by atoms with Crippen LogP contribution in [0.2, 0.25) is 0 Å². The highest BCUT2D eigenvalue weighted by atomic mass is 16.3. The fourth-order valence-corrected chi connectivity index (χ4v) is 6.45. The molecule has 4 bridgehead atoms. The quantitative estimate of drug-likeness (QED) is 0.848. The predicted octanol–water partition coefficient (Wildman–Crippen LogP) is 3.02. The van der Waals surface area contributed by atoms with Crippen LogP contribution >= 0.6 is 0 Å². The average Bonchev–Trinajstić information content (AvgIpc) is 2.34. The number of benzene rings is 1. The van der Waals surface area contributed by atoms with Crippen molar-refractivity contribution < 1.29 is 5.11 Å². The van der Waals surface area contributed by atoms with Crippen molar-refractivity contribution in [1.29, 1.82) is 0 Å². The highest BCUT2D eigenvalue weighted by Gasteiger charge is 2.71. The van der Waals surface area contributed by atoms with E-state index in [1.54, 1.807) is 0 Å². The first-order chi connectivity index (χ1) is 9.30. The molecule has 1 aromatic carbocycles. The summed E-state index contributed by atoms with van der Waals surface area (Å²) in [4.78, 5) is 2.59. The number of hydrogen-bond donors (Lipinski definition) is 1. The van der Waals surface area contributed by atoms with Gasteiger partial charge >= 0.3 is 0 Å². The second-order valence-electron chi connectivity index (χ2n) is 8.51. The minimum atomic E-state index is -0.697. The van der Waals surface area contributed by atoms with Gasteiger partial charge in [-0.3, -0.25) is 0 Å². The summed E-state index contributed by atoms with van der Waals surface area (Å²) >= 11 is 0. The molecule has 0 spiro atoms. The summed E-state index contributed by atoms with van der Waals surface area (Å²) in [6.07, 6.45) is 2.27. The van der Waals surface area contributed by atoms with Gasteiger partial charge in [0.25, 0.3) is 0 Å². The van der Waals surface area contributed by atoms with E-state index in [0.29, 0.717) is 5.41 Å². The molecule has 0 aromatic heterocycles. The van der Waals surface area contributed by atoms with Crippen molar-refractivity contribution in [2.75, 3.05) is 19.6 Å². The Kier molecular flexibility index (Phi) is 2.23. The molecule has 108 valence electrons. The molecular weight excluding hydrogens is 246 g/mol. The Bertz CT molecular complexity index is 532. The second-order valence-corrected chi connectivity index (χ2v) is 8.51. The Balaban J connectivity index is 1.92. The van der Waals surface area contributed by atoms with E-state index in [4.69, 9.17) is 0 Å². The van der Waals surface area contributed by atoms with Crippen molar-refractivity contribution in [1.82, 2.24) is 4.90 Å².